The van der Waals surface area contributed by atoms with Gasteiger partial charge in [-0.1, -0.05) is 6.92 Å². The lowest BCUT2D eigenvalue weighted by Crippen LogP contribution is -2.20. The summed E-state index contributed by atoms with van der Waals surface area (Å²) in [5.41, 5.74) is 0.277. The van der Waals surface area contributed by atoms with Crippen LogP contribution in [0.25, 0.3) is 0 Å². The molecule has 112 valence electrons. The zero-order chi connectivity index (χ0) is 15.3. The first-order valence-corrected chi connectivity index (χ1v) is 8.70. The van der Waals surface area contributed by atoms with Crippen molar-refractivity contribution in [3.63, 3.8) is 0 Å². The van der Waals surface area contributed by atoms with Crippen LogP contribution in [0.2, 0.25) is 0 Å². The number of thioether (sulfide) groups is 1. The second-order valence-electron chi connectivity index (χ2n) is 4.26. The topological polar surface area (TPSA) is 109 Å². The van der Waals surface area contributed by atoms with Crippen LogP contribution in [0.5, 0.6) is 0 Å². The Morgan fingerprint density at radius 3 is 2.65 bits per heavy atom. The van der Waals surface area contributed by atoms with Crippen LogP contribution in [0.4, 0.5) is 5.69 Å². The number of carboxylic acid groups (broad SMARTS) is 1. The lowest BCUT2D eigenvalue weighted by molar-refractivity contribution is 0.0697. The molecule has 0 bridgehead atoms. The first-order valence-electron chi connectivity index (χ1n) is 6.00. The summed E-state index contributed by atoms with van der Waals surface area (Å²) in [4.78, 5) is 11.0. The molecule has 0 aromatic heterocycles. The molecule has 0 aliphatic rings. The molecule has 20 heavy (non-hydrogen) atoms. The molecule has 0 amide bonds. The summed E-state index contributed by atoms with van der Waals surface area (Å²) in [6, 6.07) is 3.86. The van der Waals surface area contributed by atoms with Crippen LogP contribution in [0.1, 0.15) is 24.2 Å². The minimum absolute atomic E-state index is 0.0679. The molecule has 0 radical (unpaired) electrons. The second-order valence-corrected chi connectivity index (χ2v) is 7.14. The van der Waals surface area contributed by atoms with Crippen LogP contribution >= 0.6 is 11.8 Å². The number of nitrogens with one attached hydrogen (secondary N) is 1. The minimum Gasteiger partial charge on any atom is -0.478 e. The highest BCUT2D eigenvalue weighted by Gasteiger charge is 2.17. The van der Waals surface area contributed by atoms with Gasteiger partial charge in [-0.15, -0.1) is 0 Å². The van der Waals surface area contributed by atoms with Crippen LogP contribution in [0.15, 0.2) is 23.1 Å². The first-order chi connectivity index (χ1) is 9.25. The maximum absolute atomic E-state index is 11.2. The van der Waals surface area contributed by atoms with Crippen molar-refractivity contribution in [2.24, 2.45) is 5.14 Å². The molecular formula is C12H18N2O4S2. The smallest absolute Gasteiger partial charge is 0.337 e. The zero-order valence-electron chi connectivity index (χ0n) is 11.3. The van der Waals surface area contributed by atoms with E-state index in [1.165, 1.54) is 12.1 Å². The third kappa shape index (κ3) is 4.69. The zero-order valence-corrected chi connectivity index (χ0v) is 12.9. The van der Waals surface area contributed by atoms with Gasteiger partial charge in [0.15, 0.2) is 0 Å². The Labute approximate surface area is 122 Å². The van der Waals surface area contributed by atoms with Gasteiger partial charge in [0.05, 0.1) is 10.5 Å². The molecule has 0 spiro atoms. The van der Waals surface area contributed by atoms with Crippen LogP contribution in [0, 0.1) is 0 Å². The van der Waals surface area contributed by atoms with Crippen LogP contribution in [-0.4, -0.2) is 37.0 Å². The normalized spacial score (nSPS) is 12.9. The number of benzene rings is 1. The summed E-state index contributed by atoms with van der Waals surface area (Å²) in [7, 11) is -3.91. The van der Waals surface area contributed by atoms with Crippen molar-refractivity contribution >= 4 is 33.4 Å². The SMILES string of the molecule is CCSCC(C)Nc1ccc(S(N)(=O)=O)cc1C(=O)O. The second kappa shape index (κ2) is 6.96. The fraction of sp³-hybridized carbons (Fsp3) is 0.417. The summed E-state index contributed by atoms with van der Waals surface area (Å²) in [5, 5.41) is 17.2. The van der Waals surface area contributed by atoms with Gasteiger partial charge in [0.25, 0.3) is 0 Å². The maximum Gasteiger partial charge on any atom is 0.337 e. The fourth-order valence-corrected chi connectivity index (χ4v) is 2.82. The van der Waals surface area contributed by atoms with Gasteiger partial charge >= 0.3 is 5.97 Å². The molecule has 1 unspecified atom stereocenters. The van der Waals surface area contributed by atoms with Crippen LogP contribution < -0.4 is 10.5 Å². The van der Waals surface area contributed by atoms with E-state index >= 15 is 0 Å². The van der Waals surface area contributed by atoms with Crippen LogP contribution in [0.3, 0.4) is 0 Å². The first kappa shape index (κ1) is 16.8. The predicted octanol–water partition coefficient (Wildman–Crippen LogP) is 1.59. The van der Waals surface area contributed by atoms with E-state index in [1.54, 1.807) is 11.8 Å². The number of carbonyl (C=O) groups is 1. The van der Waals surface area contributed by atoms with Crippen molar-refractivity contribution in [1.82, 2.24) is 0 Å². The van der Waals surface area contributed by atoms with Gasteiger partial charge in [0.1, 0.15) is 0 Å². The van der Waals surface area contributed by atoms with Crippen LogP contribution in [-0.2, 0) is 10.0 Å². The molecule has 0 saturated carbocycles. The molecule has 0 aliphatic carbocycles. The summed E-state index contributed by atoms with van der Waals surface area (Å²) in [6.45, 7) is 3.98. The van der Waals surface area contributed by atoms with Crippen molar-refractivity contribution in [1.29, 1.82) is 0 Å². The molecule has 0 aliphatic heterocycles. The highest BCUT2D eigenvalue weighted by atomic mass is 32.2. The number of anilines is 1. The molecule has 1 aromatic carbocycles. The monoisotopic (exact) mass is 318 g/mol. The highest BCUT2D eigenvalue weighted by molar-refractivity contribution is 7.99. The van der Waals surface area contributed by atoms with Gasteiger partial charge in [-0.2, -0.15) is 11.8 Å². The number of rotatable bonds is 7. The fourth-order valence-electron chi connectivity index (χ4n) is 1.60. The molecule has 0 fully saturated rings. The lowest BCUT2D eigenvalue weighted by Gasteiger charge is -2.16. The third-order valence-electron chi connectivity index (χ3n) is 2.52. The Hall–Kier alpha value is -1.25. The highest BCUT2D eigenvalue weighted by Crippen LogP contribution is 2.21. The molecule has 1 atom stereocenters. The number of aromatic carboxylic acids is 1. The molecule has 0 saturated heterocycles. The van der Waals surface area contributed by atoms with E-state index in [-0.39, 0.29) is 16.5 Å². The summed E-state index contributed by atoms with van der Waals surface area (Å²) in [5.74, 6) is 0.600. The third-order valence-corrected chi connectivity index (χ3v) is 4.58. The van der Waals surface area contributed by atoms with E-state index in [1.807, 2.05) is 13.8 Å². The van der Waals surface area contributed by atoms with Gasteiger partial charge in [-0.3, -0.25) is 0 Å². The molecule has 6 nitrogen and oxygen atoms in total. The predicted molar refractivity (Wildman–Crippen MR) is 80.9 cm³/mol. The van der Waals surface area contributed by atoms with E-state index in [2.05, 4.69) is 5.32 Å². The average molecular weight is 318 g/mol. The molecule has 4 N–H and O–H groups in total. The maximum atomic E-state index is 11.2. The number of nitrogens with two attached hydrogens (primary N) is 1. The van der Waals surface area contributed by atoms with Crippen molar-refractivity contribution in [3.8, 4) is 0 Å². The molecule has 1 rings (SSSR count). The van der Waals surface area contributed by atoms with Gasteiger partial charge < -0.3 is 10.4 Å². The lowest BCUT2D eigenvalue weighted by atomic mass is 10.1. The number of hydrogen-bond acceptors (Lipinski definition) is 5. The van der Waals surface area contributed by atoms with Crippen molar-refractivity contribution in [2.75, 3.05) is 16.8 Å². The summed E-state index contributed by atoms with van der Waals surface area (Å²) < 4.78 is 22.5. The van der Waals surface area contributed by atoms with E-state index in [9.17, 15) is 13.2 Å². The summed E-state index contributed by atoms with van der Waals surface area (Å²) in [6.07, 6.45) is 0. The van der Waals surface area contributed by atoms with Gasteiger partial charge in [-0.05, 0) is 30.9 Å². The van der Waals surface area contributed by atoms with E-state index in [0.717, 1.165) is 17.6 Å². The van der Waals surface area contributed by atoms with E-state index in [0.29, 0.717) is 5.69 Å². The summed E-state index contributed by atoms with van der Waals surface area (Å²) >= 11 is 1.73. The van der Waals surface area contributed by atoms with E-state index < -0.39 is 16.0 Å². The molecule has 1 aromatic rings. The minimum atomic E-state index is -3.91. The number of hydrogen-bond donors (Lipinski definition) is 3. The number of primary sulfonamides is 1. The van der Waals surface area contributed by atoms with Crippen molar-refractivity contribution < 1.29 is 18.3 Å². The number of sulfonamides is 1. The Balaban J connectivity index is 3.05. The number of carboxylic acids is 1. The largest absolute Gasteiger partial charge is 0.478 e. The van der Waals surface area contributed by atoms with Gasteiger partial charge in [0.2, 0.25) is 10.0 Å². The van der Waals surface area contributed by atoms with Gasteiger partial charge in [-0.25, -0.2) is 18.4 Å². The molecule has 8 heteroatoms. The standard InChI is InChI=1S/C12H18N2O4S2/c1-3-19-7-8(2)14-11-5-4-9(20(13,17)18)6-10(11)12(15)16/h4-6,8,14H,3,7H2,1-2H3,(H,15,16)(H2,13,17,18). The van der Waals surface area contributed by atoms with E-state index in [4.69, 9.17) is 10.2 Å². The molecular weight excluding hydrogens is 300 g/mol. The van der Waals surface area contributed by atoms with Crippen molar-refractivity contribution in [2.45, 2.75) is 24.8 Å². The van der Waals surface area contributed by atoms with Gasteiger partial charge in [0, 0.05) is 17.5 Å². The Kier molecular flexibility index (Phi) is 5.85. The Morgan fingerprint density at radius 2 is 2.15 bits per heavy atom. The Morgan fingerprint density at radius 1 is 1.50 bits per heavy atom. The Bertz CT molecular complexity index is 587. The quantitative estimate of drug-likeness (QED) is 0.704. The van der Waals surface area contributed by atoms with Crippen molar-refractivity contribution in [3.05, 3.63) is 23.8 Å². The average Bonchev–Trinajstić information content (AvgIpc) is 2.35. The molecule has 0 heterocycles.